The summed E-state index contributed by atoms with van der Waals surface area (Å²) < 4.78 is 1.57. The Morgan fingerprint density at radius 2 is 2.29 bits per heavy atom. The highest BCUT2D eigenvalue weighted by Gasteiger charge is 2.22. The molecule has 0 saturated carbocycles. The van der Waals surface area contributed by atoms with E-state index in [1.807, 2.05) is 6.92 Å². The van der Waals surface area contributed by atoms with E-state index in [0.717, 1.165) is 0 Å². The molecule has 1 aliphatic heterocycles. The van der Waals surface area contributed by atoms with E-state index in [4.69, 9.17) is 5.73 Å². The van der Waals surface area contributed by atoms with Gasteiger partial charge >= 0.3 is 0 Å². The van der Waals surface area contributed by atoms with Gasteiger partial charge in [0, 0.05) is 7.05 Å². The number of nitrogens with two attached hydrogens (primary N) is 1. The number of hydrogen-bond donors (Lipinski definition) is 1. The number of hydrogen-bond acceptors (Lipinski definition) is 6. The normalized spacial score (nSPS) is 17.5. The van der Waals surface area contributed by atoms with Crippen molar-refractivity contribution < 1.29 is 4.79 Å². The monoisotopic (exact) mass is 276 g/mol. The molecule has 0 radical (unpaired) electrons. The van der Waals surface area contributed by atoms with Crippen LogP contribution >= 0.6 is 24.2 Å². The van der Waals surface area contributed by atoms with E-state index >= 15 is 0 Å². The summed E-state index contributed by atoms with van der Waals surface area (Å²) in [4.78, 5) is 15.3. The summed E-state index contributed by atoms with van der Waals surface area (Å²) in [5, 5.41) is 10.1. The zero-order valence-electron chi connectivity index (χ0n) is 9.40. The second kappa shape index (κ2) is 5.48. The highest BCUT2D eigenvalue weighted by Crippen LogP contribution is 2.16. The summed E-state index contributed by atoms with van der Waals surface area (Å²) >= 11 is 1.33. The Morgan fingerprint density at radius 1 is 1.59 bits per heavy atom. The summed E-state index contributed by atoms with van der Waals surface area (Å²) in [7, 11) is 1.62. The molecule has 7 nitrogen and oxygen atoms in total. The predicted octanol–water partition coefficient (Wildman–Crippen LogP) is 0.0439. The van der Waals surface area contributed by atoms with Crippen molar-refractivity contribution >= 4 is 35.2 Å². The molecule has 1 aromatic heterocycles. The fourth-order valence-corrected chi connectivity index (χ4v) is 2.13. The number of rotatable bonds is 1. The topological polar surface area (TPSA) is 89.4 Å². The Morgan fingerprint density at radius 3 is 2.88 bits per heavy atom. The minimum absolute atomic E-state index is 0. The first-order valence-electron chi connectivity index (χ1n) is 4.73. The van der Waals surface area contributed by atoms with Crippen molar-refractivity contribution in [1.29, 1.82) is 0 Å². The molecule has 94 valence electrons. The molecule has 1 aromatic rings. The number of thioether (sulfide) groups is 1. The first-order chi connectivity index (χ1) is 7.59. The van der Waals surface area contributed by atoms with Crippen LogP contribution in [-0.2, 0) is 4.79 Å². The van der Waals surface area contributed by atoms with Crippen molar-refractivity contribution in [1.82, 2.24) is 19.8 Å². The molecule has 0 bridgehead atoms. The highest BCUT2D eigenvalue weighted by atomic mass is 35.5. The molecule has 2 N–H and O–H groups in total. The van der Waals surface area contributed by atoms with Gasteiger partial charge in [0.25, 0.3) is 5.91 Å². The molecule has 0 spiro atoms. The lowest BCUT2D eigenvalue weighted by molar-refractivity contribution is -0.127. The van der Waals surface area contributed by atoms with Crippen LogP contribution in [0, 0.1) is 0 Å². The van der Waals surface area contributed by atoms with Crippen molar-refractivity contribution in [3.63, 3.8) is 0 Å². The summed E-state index contributed by atoms with van der Waals surface area (Å²) in [6.07, 6.45) is 1.43. The van der Waals surface area contributed by atoms with Crippen LogP contribution in [-0.4, -0.2) is 43.6 Å². The fraction of sp³-hybridized carbons (Fsp3) is 0.500. The van der Waals surface area contributed by atoms with Crippen LogP contribution in [0.15, 0.2) is 11.4 Å². The van der Waals surface area contributed by atoms with Gasteiger partial charge in [-0.05, 0) is 6.92 Å². The minimum atomic E-state index is -0.228. The van der Waals surface area contributed by atoms with E-state index in [2.05, 4.69) is 15.2 Å². The zero-order valence-corrected chi connectivity index (χ0v) is 11.0. The largest absolute Gasteiger partial charge is 0.322 e. The summed E-state index contributed by atoms with van der Waals surface area (Å²) in [5.41, 5.74) is 5.76. The molecular formula is C8H13ClN6OS. The molecule has 0 saturated heterocycles. The number of hydrazone groups is 1. The van der Waals surface area contributed by atoms with Gasteiger partial charge in [-0.25, -0.2) is 9.99 Å². The van der Waals surface area contributed by atoms with E-state index < -0.39 is 0 Å². The number of halogens is 1. The first kappa shape index (κ1) is 13.9. The summed E-state index contributed by atoms with van der Waals surface area (Å²) in [5.74, 6) is 0.957. The van der Waals surface area contributed by atoms with Gasteiger partial charge in [-0.15, -0.1) is 17.5 Å². The number of nitrogens with zero attached hydrogens (tertiary/aromatic N) is 5. The SMILES string of the molecule is CC(N)c1ncnn1C1=NN(C)C(=O)CS1.Cl. The van der Waals surface area contributed by atoms with Gasteiger partial charge < -0.3 is 5.73 Å². The average Bonchev–Trinajstić information content (AvgIpc) is 2.71. The Bertz CT molecular complexity index is 445. The van der Waals surface area contributed by atoms with E-state index in [0.29, 0.717) is 16.7 Å². The molecule has 1 amide bonds. The van der Waals surface area contributed by atoms with E-state index in [9.17, 15) is 4.79 Å². The van der Waals surface area contributed by atoms with Crippen LogP contribution in [0.5, 0.6) is 0 Å². The second-order valence-electron chi connectivity index (χ2n) is 3.41. The smallest absolute Gasteiger partial charge is 0.252 e. The van der Waals surface area contributed by atoms with Crippen LogP contribution in [0.25, 0.3) is 0 Å². The van der Waals surface area contributed by atoms with Crippen LogP contribution < -0.4 is 5.73 Å². The molecule has 1 unspecified atom stereocenters. The molecular weight excluding hydrogens is 264 g/mol. The Hall–Kier alpha value is -1.12. The van der Waals surface area contributed by atoms with Crippen molar-refractivity contribution in [2.24, 2.45) is 10.8 Å². The third kappa shape index (κ3) is 2.76. The Labute approximate surface area is 109 Å². The van der Waals surface area contributed by atoms with Gasteiger partial charge in [-0.1, -0.05) is 11.8 Å². The number of amides is 1. The predicted molar refractivity (Wildman–Crippen MR) is 67.9 cm³/mol. The van der Waals surface area contributed by atoms with Gasteiger partial charge in [0.2, 0.25) is 5.17 Å². The number of aromatic nitrogens is 3. The fourth-order valence-electron chi connectivity index (χ4n) is 1.24. The second-order valence-corrected chi connectivity index (χ2v) is 4.35. The molecule has 0 fully saturated rings. The maximum atomic E-state index is 11.3. The number of carbonyl (C=O) groups excluding carboxylic acids is 1. The highest BCUT2D eigenvalue weighted by molar-refractivity contribution is 8.14. The van der Waals surface area contributed by atoms with Crippen LogP contribution in [0.4, 0.5) is 0 Å². The van der Waals surface area contributed by atoms with Crippen molar-refractivity contribution in [3.05, 3.63) is 12.2 Å². The third-order valence-electron chi connectivity index (χ3n) is 2.08. The molecule has 1 atom stereocenters. The van der Waals surface area contributed by atoms with Crippen LogP contribution in [0.1, 0.15) is 18.8 Å². The lowest BCUT2D eigenvalue weighted by atomic mass is 10.3. The molecule has 2 heterocycles. The van der Waals surface area contributed by atoms with Gasteiger partial charge in [0.1, 0.15) is 6.33 Å². The van der Waals surface area contributed by atoms with Crippen molar-refractivity contribution in [3.8, 4) is 0 Å². The standard InChI is InChI=1S/C8H12N6OS.ClH/c1-5(9)7-10-4-11-14(7)8-12-13(2)6(15)3-16-8;/h4-5H,3,9H2,1-2H3;1H. The molecule has 0 aromatic carbocycles. The molecule has 9 heteroatoms. The molecule has 17 heavy (non-hydrogen) atoms. The van der Waals surface area contributed by atoms with Gasteiger partial charge in [0.15, 0.2) is 5.82 Å². The van der Waals surface area contributed by atoms with Gasteiger partial charge in [0.05, 0.1) is 11.8 Å². The third-order valence-corrected chi connectivity index (χ3v) is 2.99. The lowest BCUT2D eigenvalue weighted by Gasteiger charge is -2.19. The van der Waals surface area contributed by atoms with E-state index in [-0.39, 0.29) is 24.4 Å². The van der Waals surface area contributed by atoms with Gasteiger partial charge in [-0.2, -0.15) is 9.78 Å². The lowest BCUT2D eigenvalue weighted by Crippen LogP contribution is -2.32. The first-order valence-corrected chi connectivity index (χ1v) is 5.72. The van der Waals surface area contributed by atoms with Gasteiger partial charge in [-0.3, -0.25) is 4.79 Å². The average molecular weight is 277 g/mol. The molecule has 0 aliphatic carbocycles. The zero-order chi connectivity index (χ0) is 11.7. The van der Waals surface area contributed by atoms with E-state index in [1.165, 1.54) is 23.1 Å². The minimum Gasteiger partial charge on any atom is -0.322 e. The molecule has 1 aliphatic rings. The Kier molecular flexibility index (Phi) is 4.49. The summed E-state index contributed by atoms with van der Waals surface area (Å²) in [6, 6.07) is -0.228. The Balaban J connectivity index is 0.00000144. The van der Waals surface area contributed by atoms with Crippen molar-refractivity contribution in [2.75, 3.05) is 12.8 Å². The quantitative estimate of drug-likeness (QED) is 0.782. The van der Waals surface area contributed by atoms with Crippen LogP contribution in [0.2, 0.25) is 0 Å². The molecule has 2 rings (SSSR count). The number of carbonyl (C=O) groups is 1. The van der Waals surface area contributed by atoms with Crippen molar-refractivity contribution in [2.45, 2.75) is 13.0 Å². The maximum Gasteiger partial charge on any atom is 0.252 e. The van der Waals surface area contributed by atoms with Crippen LogP contribution in [0.3, 0.4) is 0 Å². The summed E-state index contributed by atoms with van der Waals surface area (Å²) in [6.45, 7) is 1.82. The maximum absolute atomic E-state index is 11.3. The van der Waals surface area contributed by atoms with E-state index in [1.54, 1.807) is 11.7 Å².